The van der Waals surface area contributed by atoms with Crippen LogP contribution >= 0.6 is 0 Å². The lowest BCUT2D eigenvalue weighted by Gasteiger charge is -2.36. The molecule has 4 nitrogen and oxygen atoms in total. The SMILES string of the molecule is CNC(Cc1cccnc1N)C(OC)C(C)(C)C. The number of nitrogens with one attached hydrogen (secondary N) is 1. The molecule has 4 heteroatoms. The molecule has 1 aromatic heterocycles. The molecule has 0 aliphatic heterocycles. The van der Waals surface area contributed by atoms with Crippen molar-refractivity contribution in [3.05, 3.63) is 23.9 Å². The van der Waals surface area contributed by atoms with Crippen molar-refractivity contribution < 1.29 is 4.74 Å². The van der Waals surface area contributed by atoms with Crippen LogP contribution < -0.4 is 11.1 Å². The minimum Gasteiger partial charge on any atom is -0.383 e. The minimum absolute atomic E-state index is 0.0688. The van der Waals surface area contributed by atoms with Crippen LogP contribution in [0.4, 0.5) is 5.82 Å². The van der Waals surface area contributed by atoms with E-state index in [0.717, 1.165) is 12.0 Å². The molecule has 2 atom stereocenters. The largest absolute Gasteiger partial charge is 0.383 e. The number of aromatic nitrogens is 1. The van der Waals surface area contributed by atoms with Crippen molar-refractivity contribution in [1.82, 2.24) is 10.3 Å². The highest BCUT2D eigenvalue weighted by Crippen LogP contribution is 2.26. The molecule has 0 bridgehead atoms. The molecule has 0 aliphatic carbocycles. The molecule has 0 fully saturated rings. The standard InChI is InChI=1S/C14H25N3O/c1-14(2,3)12(18-5)11(16-4)9-10-7-6-8-17-13(10)15/h6-8,11-12,16H,9H2,1-5H3,(H2,15,17). The lowest BCUT2D eigenvalue weighted by molar-refractivity contribution is -0.00919. The lowest BCUT2D eigenvalue weighted by atomic mass is 9.82. The fraction of sp³-hybridized carbons (Fsp3) is 0.643. The Labute approximate surface area is 110 Å². The number of pyridine rings is 1. The summed E-state index contributed by atoms with van der Waals surface area (Å²) in [6.45, 7) is 6.54. The number of hydrogen-bond donors (Lipinski definition) is 2. The molecule has 1 heterocycles. The molecule has 102 valence electrons. The van der Waals surface area contributed by atoms with E-state index in [4.69, 9.17) is 10.5 Å². The Morgan fingerprint density at radius 1 is 1.44 bits per heavy atom. The molecular formula is C14H25N3O. The molecule has 0 saturated heterocycles. The summed E-state index contributed by atoms with van der Waals surface area (Å²) >= 11 is 0. The fourth-order valence-electron chi connectivity index (χ4n) is 2.34. The number of likely N-dealkylation sites (N-methyl/N-ethyl adjacent to an activating group) is 1. The summed E-state index contributed by atoms with van der Waals surface area (Å²) in [6.07, 6.45) is 2.64. The first kappa shape index (κ1) is 14.9. The molecule has 1 aromatic rings. The van der Waals surface area contributed by atoms with E-state index in [0.29, 0.717) is 5.82 Å². The third-order valence-electron chi connectivity index (χ3n) is 3.21. The third kappa shape index (κ3) is 3.68. The number of nitrogens with zero attached hydrogens (tertiary/aromatic N) is 1. The van der Waals surface area contributed by atoms with Gasteiger partial charge in [-0.3, -0.25) is 0 Å². The van der Waals surface area contributed by atoms with Crippen LogP contribution in [0.5, 0.6) is 0 Å². The average molecular weight is 251 g/mol. The van der Waals surface area contributed by atoms with E-state index in [1.165, 1.54) is 0 Å². The van der Waals surface area contributed by atoms with E-state index in [1.807, 2.05) is 19.2 Å². The van der Waals surface area contributed by atoms with Gasteiger partial charge in [-0.2, -0.15) is 0 Å². The first-order valence-electron chi connectivity index (χ1n) is 6.29. The van der Waals surface area contributed by atoms with E-state index >= 15 is 0 Å². The molecule has 18 heavy (non-hydrogen) atoms. The summed E-state index contributed by atoms with van der Waals surface area (Å²) in [4.78, 5) is 4.12. The molecule has 3 N–H and O–H groups in total. The summed E-state index contributed by atoms with van der Waals surface area (Å²) in [5, 5.41) is 3.33. The first-order chi connectivity index (χ1) is 8.40. The number of nitrogens with two attached hydrogens (primary N) is 1. The van der Waals surface area contributed by atoms with Gasteiger partial charge in [-0.25, -0.2) is 4.98 Å². The number of ether oxygens (including phenoxy) is 1. The average Bonchev–Trinajstić information content (AvgIpc) is 2.29. The first-order valence-corrected chi connectivity index (χ1v) is 6.29. The van der Waals surface area contributed by atoms with Gasteiger partial charge < -0.3 is 15.8 Å². The van der Waals surface area contributed by atoms with E-state index in [1.54, 1.807) is 13.3 Å². The van der Waals surface area contributed by atoms with E-state index in [9.17, 15) is 0 Å². The van der Waals surface area contributed by atoms with Crippen molar-refractivity contribution >= 4 is 5.82 Å². The highest BCUT2D eigenvalue weighted by Gasteiger charge is 2.31. The summed E-state index contributed by atoms with van der Waals surface area (Å²) in [5.41, 5.74) is 7.02. The second-order valence-corrected chi connectivity index (χ2v) is 5.67. The maximum Gasteiger partial charge on any atom is 0.126 e. The van der Waals surface area contributed by atoms with Gasteiger partial charge in [-0.1, -0.05) is 26.8 Å². The van der Waals surface area contributed by atoms with Crippen molar-refractivity contribution in [3.8, 4) is 0 Å². The van der Waals surface area contributed by atoms with E-state index in [-0.39, 0.29) is 17.6 Å². The fourth-order valence-corrected chi connectivity index (χ4v) is 2.34. The normalized spacial score (nSPS) is 15.4. The van der Waals surface area contributed by atoms with Gasteiger partial charge >= 0.3 is 0 Å². The Morgan fingerprint density at radius 3 is 2.56 bits per heavy atom. The van der Waals surface area contributed by atoms with Crippen LogP contribution in [-0.4, -0.2) is 31.3 Å². The maximum atomic E-state index is 5.89. The molecule has 0 saturated carbocycles. The molecule has 0 radical (unpaired) electrons. The number of anilines is 1. The molecule has 2 unspecified atom stereocenters. The van der Waals surface area contributed by atoms with Gasteiger partial charge in [0.05, 0.1) is 6.10 Å². The predicted octanol–water partition coefficient (Wildman–Crippen LogP) is 1.86. The second-order valence-electron chi connectivity index (χ2n) is 5.67. The van der Waals surface area contributed by atoms with Crippen molar-refractivity contribution in [1.29, 1.82) is 0 Å². The van der Waals surface area contributed by atoms with Crippen LogP contribution in [0.15, 0.2) is 18.3 Å². The summed E-state index contributed by atoms with van der Waals surface area (Å²) in [7, 11) is 3.71. The van der Waals surface area contributed by atoms with Gasteiger partial charge in [0.2, 0.25) is 0 Å². The van der Waals surface area contributed by atoms with Gasteiger partial charge in [-0.05, 0) is 30.5 Å². The van der Waals surface area contributed by atoms with Crippen molar-refractivity contribution in [2.75, 3.05) is 19.9 Å². The smallest absolute Gasteiger partial charge is 0.126 e. The van der Waals surface area contributed by atoms with Crippen molar-refractivity contribution in [2.45, 2.75) is 39.3 Å². The van der Waals surface area contributed by atoms with Gasteiger partial charge in [0, 0.05) is 19.3 Å². The Balaban J connectivity index is 2.88. The van der Waals surface area contributed by atoms with Gasteiger partial charge in [0.15, 0.2) is 0 Å². The Kier molecular flexibility index (Phi) is 5.11. The van der Waals surface area contributed by atoms with Crippen LogP contribution in [0.2, 0.25) is 0 Å². The van der Waals surface area contributed by atoms with Crippen molar-refractivity contribution in [3.63, 3.8) is 0 Å². The zero-order valence-electron chi connectivity index (χ0n) is 12.0. The van der Waals surface area contributed by atoms with E-state index < -0.39 is 0 Å². The van der Waals surface area contributed by atoms with Crippen LogP contribution in [0.3, 0.4) is 0 Å². The number of rotatable bonds is 5. The molecule has 0 aliphatic rings. The van der Waals surface area contributed by atoms with Crippen LogP contribution in [-0.2, 0) is 11.2 Å². The molecular weight excluding hydrogens is 226 g/mol. The highest BCUT2D eigenvalue weighted by atomic mass is 16.5. The predicted molar refractivity (Wildman–Crippen MR) is 75.5 cm³/mol. The Bertz CT molecular complexity index is 374. The van der Waals surface area contributed by atoms with Crippen molar-refractivity contribution in [2.24, 2.45) is 5.41 Å². The molecule has 0 aromatic carbocycles. The van der Waals surface area contributed by atoms with Gasteiger partial charge in [0.25, 0.3) is 0 Å². The Morgan fingerprint density at radius 2 is 2.11 bits per heavy atom. The second kappa shape index (κ2) is 6.16. The van der Waals surface area contributed by atoms with Gasteiger partial charge in [0.1, 0.15) is 5.82 Å². The van der Waals surface area contributed by atoms with Crippen LogP contribution in [0.25, 0.3) is 0 Å². The number of methoxy groups -OCH3 is 1. The molecule has 0 spiro atoms. The number of nitrogen functional groups attached to an aromatic ring is 1. The number of hydrogen-bond acceptors (Lipinski definition) is 4. The quantitative estimate of drug-likeness (QED) is 0.838. The maximum absolute atomic E-state index is 5.89. The summed E-state index contributed by atoms with van der Waals surface area (Å²) < 4.78 is 5.66. The van der Waals surface area contributed by atoms with Crippen LogP contribution in [0, 0.1) is 5.41 Å². The highest BCUT2D eigenvalue weighted by molar-refractivity contribution is 5.39. The third-order valence-corrected chi connectivity index (χ3v) is 3.21. The topological polar surface area (TPSA) is 60.2 Å². The monoisotopic (exact) mass is 251 g/mol. The molecule has 1 rings (SSSR count). The van der Waals surface area contributed by atoms with Crippen LogP contribution in [0.1, 0.15) is 26.3 Å². The van der Waals surface area contributed by atoms with E-state index in [2.05, 4.69) is 31.1 Å². The lowest BCUT2D eigenvalue weighted by Crippen LogP contribution is -2.47. The molecule has 0 amide bonds. The summed E-state index contributed by atoms with van der Waals surface area (Å²) in [5.74, 6) is 0.599. The zero-order chi connectivity index (χ0) is 13.8. The zero-order valence-corrected chi connectivity index (χ0v) is 12.0. The Hall–Kier alpha value is -1.13. The van der Waals surface area contributed by atoms with Gasteiger partial charge in [-0.15, -0.1) is 0 Å². The minimum atomic E-state index is 0.0688. The summed E-state index contributed by atoms with van der Waals surface area (Å²) in [6, 6.07) is 4.14.